The first kappa shape index (κ1) is 9.88. The third kappa shape index (κ3) is 2.90. The molecule has 72 valence electrons. The summed E-state index contributed by atoms with van der Waals surface area (Å²) >= 11 is 3.40. The summed E-state index contributed by atoms with van der Waals surface area (Å²) in [7, 11) is 0. The minimum atomic E-state index is 0.817. The normalized spacial score (nSPS) is 9.13. The average molecular weight is 259 g/mol. The van der Waals surface area contributed by atoms with Crippen LogP contribution in [0.15, 0.2) is 47.5 Å². The second-order valence-corrected chi connectivity index (χ2v) is 3.80. The molecule has 0 atom stereocenters. The van der Waals surface area contributed by atoms with Crippen molar-refractivity contribution in [2.45, 2.75) is 0 Å². The molecule has 0 radical (unpaired) electrons. The van der Waals surface area contributed by atoms with Crippen molar-refractivity contribution in [3.05, 3.63) is 58.6 Å². The molecular weight excluding hydrogens is 252 g/mol. The smallest absolute Gasteiger partial charge is 0.115 e. The van der Waals surface area contributed by atoms with Gasteiger partial charge in [-0.25, -0.2) is 9.97 Å². The first-order valence-corrected chi connectivity index (χ1v) is 5.16. The summed E-state index contributed by atoms with van der Waals surface area (Å²) in [5.74, 6) is 6.03. The molecule has 0 bridgehead atoms. The molecule has 2 aromatic rings. The first-order valence-electron chi connectivity index (χ1n) is 4.37. The molecule has 0 spiro atoms. The van der Waals surface area contributed by atoms with Crippen LogP contribution in [0, 0.1) is 11.8 Å². The van der Waals surface area contributed by atoms with E-state index in [-0.39, 0.29) is 0 Å². The Hall–Kier alpha value is -1.66. The van der Waals surface area contributed by atoms with Gasteiger partial charge in [-0.15, -0.1) is 0 Å². The van der Waals surface area contributed by atoms with Crippen LogP contribution in [0.1, 0.15) is 11.1 Å². The lowest BCUT2D eigenvalue weighted by atomic mass is 10.2. The molecular formula is C12H7BrN2. The van der Waals surface area contributed by atoms with Crippen LogP contribution in [-0.4, -0.2) is 9.97 Å². The van der Waals surface area contributed by atoms with Crippen molar-refractivity contribution in [2.24, 2.45) is 0 Å². The Morgan fingerprint density at radius 2 is 1.73 bits per heavy atom. The minimum Gasteiger partial charge on any atom is -0.244 e. The molecule has 15 heavy (non-hydrogen) atoms. The largest absolute Gasteiger partial charge is 0.244 e. The third-order valence-electron chi connectivity index (χ3n) is 1.74. The molecule has 0 aliphatic carbocycles. The van der Waals surface area contributed by atoms with Gasteiger partial charge < -0.3 is 0 Å². The molecule has 0 saturated carbocycles. The quantitative estimate of drug-likeness (QED) is 0.680. The summed E-state index contributed by atoms with van der Waals surface area (Å²) in [6, 6.07) is 7.85. The highest BCUT2D eigenvalue weighted by molar-refractivity contribution is 9.10. The SMILES string of the molecule is Brc1cccc(C#Cc2cncnc2)c1. The van der Waals surface area contributed by atoms with Crippen molar-refractivity contribution in [3.8, 4) is 11.8 Å². The van der Waals surface area contributed by atoms with Crippen molar-refractivity contribution in [1.29, 1.82) is 0 Å². The maximum absolute atomic E-state index is 3.89. The van der Waals surface area contributed by atoms with Gasteiger partial charge in [0, 0.05) is 22.4 Å². The number of nitrogens with zero attached hydrogens (tertiary/aromatic N) is 2. The standard InChI is InChI=1S/C12H7BrN2/c13-12-3-1-2-10(6-12)4-5-11-7-14-9-15-8-11/h1-3,6-9H. The van der Waals surface area contributed by atoms with Crippen molar-refractivity contribution in [3.63, 3.8) is 0 Å². The summed E-state index contributed by atoms with van der Waals surface area (Å²) < 4.78 is 1.03. The van der Waals surface area contributed by atoms with E-state index in [1.165, 1.54) is 6.33 Å². The fourth-order valence-corrected chi connectivity index (χ4v) is 1.47. The highest BCUT2D eigenvalue weighted by Gasteiger charge is 1.88. The van der Waals surface area contributed by atoms with Crippen LogP contribution in [0.4, 0.5) is 0 Å². The van der Waals surface area contributed by atoms with E-state index in [1.54, 1.807) is 12.4 Å². The van der Waals surface area contributed by atoms with Crippen molar-refractivity contribution >= 4 is 15.9 Å². The van der Waals surface area contributed by atoms with Gasteiger partial charge in [0.25, 0.3) is 0 Å². The van der Waals surface area contributed by atoms with E-state index in [1.807, 2.05) is 24.3 Å². The molecule has 0 amide bonds. The van der Waals surface area contributed by atoms with Gasteiger partial charge in [-0.3, -0.25) is 0 Å². The van der Waals surface area contributed by atoms with Gasteiger partial charge in [-0.1, -0.05) is 33.8 Å². The number of rotatable bonds is 0. The molecule has 0 saturated heterocycles. The zero-order chi connectivity index (χ0) is 10.5. The molecule has 2 rings (SSSR count). The topological polar surface area (TPSA) is 25.8 Å². The summed E-state index contributed by atoms with van der Waals surface area (Å²) in [5, 5.41) is 0. The van der Waals surface area contributed by atoms with Crippen molar-refractivity contribution in [2.75, 3.05) is 0 Å². The van der Waals surface area contributed by atoms with E-state index in [4.69, 9.17) is 0 Å². The Bertz CT molecular complexity index is 512. The van der Waals surface area contributed by atoms with E-state index in [9.17, 15) is 0 Å². The molecule has 0 N–H and O–H groups in total. The fourth-order valence-electron chi connectivity index (χ4n) is 1.07. The number of aromatic nitrogens is 2. The summed E-state index contributed by atoms with van der Waals surface area (Å²) in [6.07, 6.45) is 4.88. The second kappa shape index (κ2) is 4.72. The molecule has 1 aromatic carbocycles. The molecule has 3 heteroatoms. The Morgan fingerprint density at radius 3 is 2.47 bits per heavy atom. The minimum absolute atomic E-state index is 0.817. The number of benzene rings is 1. The van der Waals surface area contributed by atoms with E-state index < -0.39 is 0 Å². The highest BCUT2D eigenvalue weighted by atomic mass is 79.9. The van der Waals surface area contributed by atoms with Crippen LogP contribution < -0.4 is 0 Å². The zero-order valence-electron chi connectivity index (χ0n) is 7.81. The van der Waals surface area contributed by atoms with Gasteiger partial charge in [-0.05, 0) is 18.2 Å². The Balaban J connectivity index is 2.26. The maximum Gasteiger partial charge on any atom is 0.115 e. The van der Waals surface area contributed by atoms with Gasteiger partial charge >= 0.3 is 0 Å². The van der Waals surface area contributed by atoms with E-state index in [0.29, 0.717) is 0 Å². The van der Waals surface area contributed by atoms with Gasteiger partial charge in [0.15, 0.2) is 0 Å². The van der Waals surface area contributed by atoms with Crippen LogP contribution >= 0.6 is 15.9 Å². The molecule has 2 nitrogen and oxygen atoms in total. The second-order valence-electron chi connectivity index (χ2n) is 2.89. The highest BCUT2D eigenvalue weighted by Crippen LogP contribution is 2.10. The summed E-state index contributed by atoms with van der Waals surface area (Å²) in [6.45, 7) is 0. The van der Waals surface area contributed by atoms with Gasteiger partial charge in [0.05, 0.1) is 5.56 Å². The summed E-state index contributed by atoms with van der Waals surface area (Å²) in [4.78, 5) is 7.78. The molecule has 1 heterocycles. The fraction of sp³-hybridized carbons (Fsp3) is 0. The lowest BCUT2D eigenvalue weighted by Gasteiger charge is -1.90. The van der Waals surface area contributed by atoms with E-state index in [0.717, 1.165) is 15.6 Å². The first-order chi connectivity index (χ1) is 7.34. The van der Waals surface area contributed by atoms with Crippen LogP contribution in [-0.2, 0) is 0 Å². The lowest BCUT2D eigenvalue weighted by molar-refractivity contribution is 1.16. The van der Waals surface area contributed by atoms with Gasteiger partial charge in [-0.2, -0.15) is 0 Å². The predicted molar refractivity (Wildman–Crippen MR) is 62.2 cm³/mol. The van der Waals surface area contributed by atoms with Crippen molar-refractivity contribution < 1.29 is 0 Å². The predicted octanol–water partition coefficient (Wildman–Crippen LogP) is 2.64. The van der Waals surface area contributed by atoms with Crippen LogP contribution in [0.2, 0.25) is 0 Å². The van der Waals surface area contributed by atoms with Gasteiger partial charge in [0.1, 0.15) is 6.33 Å². The van der Waals surface area contributed by atoms with Crippen LogP contribution in [0.3, 0.4) is 0 Å². The lowest BCUT2D eigenvalue weighted by Crippen LogP contribution is -1.80. The molecule has 0 fully saturated rings. The molecule has 0 aliphatic rings. The average Bonchev–Trinajstić information content (AvgIpc) is 2.28. The Morgan fingerprint density at radius 1 is 1.00 bits per heavy atom. The zero-order valence-corrected chi connectivity index (χ0v) is 9.40. The third-order valence-corrected chi connectivity index (χ3v) is 2.23. The van der Waals surface area contributed by atoms with E-state index >= 15 is 0 Å². The van der Waals surface area contributed by atoms with Gasteiger partial charge in [0.2, 0.25) is 0 Å². The molecule has 0 aliphatic heterocycles. The van der Waals surface area contributed by atoms with E-state index in [2.05, 4.69) is 37.7 Å². The van der Waals surface area contributed by atoms with Crippen LogP contribution in [0.25, 0.3) is 0 Å². The number of hydrogen-bond donors (Lipinski definition) is 0. The van der Waals surface area contributed by atoms with Crippen LogP contribution in [0.5, 0.6) is 0 Å². The Kier molecular flexibility index (Phi) is 3.11. The molecule has 1 aromatic heterocycles. The Labute approximate surface area is 96.5 Å². The number of hydrogen-bond acceptors (Lipinski definition) is 2. The monoisotopic (exact) mass is 258 g/mol. The summed E-state index contributed by atoms with van der Waals surface area (Å²) in [5.41, 5.74) is 1.78. The maximum atomic E-state index is 3.89. The molecule has 0 unspecified atom stereocenters. The number of halogens is 1. The van der Waals surface area contributed by atoms with Crippen molar-refractivity contribution in [1.82, 2.24) is 9.97 Å².